The summed E-state index contributed by atoms with van der Waals surface area (Å²) >= 11 is 0. The van der Waals surface area contributed by atoms with Gasteiger partial charge >= 0.3 is 12.1 Å². The molecule has 1 aliphatic heterocycles. The molecule has 3 aromatic carbocycles. The van der Waals surface area contributed by atoms with Gasteiger partial charge in [-0.15, -0.1) is 0 Å². The van der Waals surface area contributed by atoms with Crippen molar-refractivity contribution in [1.82, 2.24) is 0 Å². The van der Waals surface area contributed by atoms with Gasteiger partial charge in [0, 0.05) is 11.5 Å². The summed E-state index contributed by atoms with van der Waals surface area (Å²) < 4.78 is 50.9. The summed E-state index contributed by atoms with van der Waals surface area (Å²) in [7, 11) is 0. The minimum atomic E-state index is -4.56. The van der Waals surface area contributed by atoms with Gasteiger partial charge < -0.3 is 14.6 Å². The quantitative estimate of drug-likeness (QED) is 0.491. The van der Waals surface area contributed by atoms with Crippen LogP contribution in [0, 0.1) is 5.92 Å². The number of fused-ring (bicyclic) bond motifs is 1. The Balaban J connectivity index is 1.68. The molecule has 3 aromatic rings. The van der Waals surface area contributed by atoms with Gasteiger partial charge in [0.1, 0.15) is 5.75 Å². The van der Waals surface area contributed by atoms with Crippen LogP contribution in [0.3, 0.4) is 0 Å². The Kier molecular flexibility index (Phi) is 6.42. The van der Waals surface area contributed by atoms with Gasteiger partial charge in [-0.05, 0) is 54.3 Å². The van der Waals surface area contributed by atoms with E-state index in [1.54, 1.807) is 25.1 Å². The number of carbonyl (C=O) groups is 1. The third-order valence-corrected chi connectivity index (χ3v) is 5.73. The van der Waals surface area contributed by atoms with Crippen LogP contribution < -0.4 is 4.74 Å². The van der Waals surface area contributed by atoms with Gasteiger partial charge in [-0.3, -0.25) is 0 Å². The number of esters is 1. The first-order valence-corrected chi connectivity index (χ1v) is 10.7. The van der Waals surface area contributed by atoms with E-state index in [0.717, 1.165) is 23.8 Å². The summed E-state index contributed by atoms with van der Waals surface area (Å²) in [6.07, 6.45) is -4.72. The summed E-state index contributed by atoms with van der Waals surface area (Å²) in [4.78, 5) is 12.4. The summed E-state index contributed by atoms with van der Waals surface area (Å²) in [5, 5.41) is 10.9. The molecule has 0 spiro atoms. The predicted molar refractivity (Wildman–Crippen MR) is 117 cm³/mol. The van der Waals surface area contributed by atoms with E-state index in [2.05, 4.69) is 0 Å². The molecule has 0 aromatic heterocycles. The number of carbonyl (C=O) groups excluding carboxylic acids is 1. The Morgan fingerprint density at radius 1 is 1.09 bits per heavy atom. The maximum absolute atomic E-state index is 13.3. The van der Waals surface area contributed by atoms with E-state index in [0.29, 0.717) is 23.3 Å². The Morgan fingerprint density at radius 3 is 2.55 bits per heavy atom. The molecule has 0 bridgehead atoms. The second kappa shape index (κ2) is 9.27. The highest BCUT2D eigenvalue weighted by molar-refractivity contribution is 5.97. The average Bonchev–Trinajstić information content (AvgIpc) is 2.80. The van der Waals surface area contributed by atoms with E-state index in [1.807, 2.05) is 30.3 Å². The Hall–Kier alpha value is -3.32. The van der Waals surface area contributed by atoms with E-state index >= 15 is 0 Å². The topological polar surface area (TPSA) is 55.8 Å². The molecule has 0 radical (unpaired) electrons. The molecule has 1 heterocycles. The van der Waals surface area contributed by atoms with Crippen LogP contribution in [0.5, 0.6) is 5.75 Å². The van der Waals surface area contributed by atoms with Crippen molar-refractivity contribution in [2.45, 2.75) is 25.6 Å². The molecule has 1 N–H and O–H groups in total. The van der Waals surface area contributed by atoms with Crippen molar-refractivity contribution in [3.63, 3.8) is 0 Å². The van der Waals surface area contributed by atoms with Crippen molar-refractivity contribution in [1.29, 1.82) is 0 Å². The second-order valence-electron chi connectivity index (χ2n) is 7.94. The molecule has 2 unspecified atom stereocenters. The van der Waals surface area contributed by atoms with Crippen molar-refractivity contribution in [2.24, 2.45) is 5.92 Å². The van der Waals surface area contributed by atoms with Gasteiger partial charge in [0.05, 0.1) is 30.4 Å². The molecule has 7 heteroatoms. The van der Waals surface area contributed by atoms with Crippen molar-refractivity contribution in [3.8, 4) is 16.9 Å². The number of ether oxygens (including phenoxy) is 2. The van der Waals surface area contributed by atoms with E-state index in [-0.39, 0.29) is 30.3 Å². The highest BCUT2D eigenvalue weighted by Crippen LogP contribution is 2.41. The van der Waals surface area contributed by atoms with Gasteiger partial charge in [-0.2, -0.15) is 13.2 Å². The van der Waals surface area contributed by atoms with E-state index in [9.17, 15) is 23.1 Å². The zero-order valence-corrected chi connectivity index (χ0v) is 17.9. The molecule has 0 amide bonds. The maximum atomic E-state index is 13.3. The Morgan fingerprint density at radius 2 is 1.85 bits per heavy atom. The number of aliphatic hydroxyl groups excluding tert-OH is 1. The fourth-order valence-corrected chi connectivity index (χ4v) is 4.05. The first-order valence-electron chi connectivity index (χ1n) is 10.7. The second-order valence-corrected chi connectivity index (χ2v) is 7.94. The molecule has 0 aliphatic carbocycles. The lowest BCUT2D eigenvalue weighted by Crippen LogP contribution is -2.27. The Bertz CT molecular complexity index is 1140. The fraction of sp³-hybridized carbons (Fsp3) is 0.269. The molecule has 0 saturated heterocycles. The van der Waals surface area contributed by atoms with Gasteiger partial charge in [0.15, 0.2) is 0 Å². The van der Waals surface area contributed by atoms with Crippen LogP contribution >= 0.6 is 0 Å². The maximum Gasteiger partial charge on any atom is 0.416 e. The molecule has 1 aliphatic rings. The molecule has 0 fully saturated rings. The van der Waals surface area contributed by atoms with Crippen LogP contribution in [-0.4, -0.2) is 24.3 Å². The first-order chi connectivity index (χ1) is 15.8. The smallest absolute Gasteiger partial charge is 0.416 e. The average molecular weight is 456 g/mol. The number of rotatable bonds is 5. The van der Waals surface area contributed by atoms with Crippen molar-refractivity contribution in [2.75, 3.05) is 13.2 Å². The van der Waals surface area contributed by atoms with E-state index in [1.165, 1.54) is 0 Å². The van der Waals surface area contributed by atoms with Gasteiger partial charge in [0.2, 0.25) is 0 Å². The van der Waals surface area contributed by atoms with Crippen LogP contribution in [0.15, 0.2) is 66.7 Å². The zero-order chi connectivity index (χ0) is 23.6. The normalized spacial score (nSPS) is 17.7. The molecular weight excluding hydrogens is 433 g/mol. The summed E-state index contributed by atoms with van der Waals surface area (Å²) in [5.41, 5.74) is 1.27. The number of halogens is 3. The van der Waals surface area contributed by atoms with Gasteiger partial charge in [-0.25, -0.2) is 4.79 Å². The van der Waals surface area contributed by atoms with Gasteiger partial charge in [-0.1, -0.05) is 42.5 Å². The highest BCUT2D eigenvalue weighted by Gasteiger charge is 2.33. The van der Waals surface area contributed by atoms with Gasteiger partial charge in [0.25, 0.3) is 0 Å². The largest absolute Gasteiger partial charge is 0.493 e. The monoisotopic (exact) mass is 456 g/mol. The summed E-state index contributed by atoms with van der Waals surface area (Å²) in [5.74, 6) is -0.478. The third kappa shape index (κ3) is 4.88. The molecule has 172 valence electrons. The van der Waals surface area contributed by atoms with Crippen LogP contribution in [0.2, 0.25) is 0 Å². The molecular formula is C26H23F3O4. The number of hydrogen-bond donors (Lipinski definition) is 1. The van der Waals surface area contributed by atoms with Crippen molar-refractivity contribution < 1.29 is 32.5 Å². The molecule has 2 atom stereocenters. The number of alkyl halides is 3. The number of aliphatic hydroxyl groups is 1. The van der Waals surface area contributed by atoms with Crippen LogP contribution in [0.25, 0.3) is 11.1 Å². The van der Waals surface area contributed by atoms with E-state index in [4.69, 9.17) is 9.47 Å². The predicted octanol–water partition coefficient (Wildman–Crippen LogP) is 5.83. The molecule has 33 heavy (non-hydrogen) atoms. The highest BCUT2D eigenvalue weighted by atomic mass is 19.4. The van der Waals surface area contributed by atoms with Crippen molar-refractivity contribution >= 4 is 5.97 Å². The fourth-order valence-electron chi connectivity index (χ4n) is 4.05. The lowest BCUT2D eigenvalue weighted by Gasteiger charge is -2.31. The van der Waals surface area contributed by atoms with Crippen molar-refractivity contribution in [3.05, 3.63) is 89.0 Å². The summed E-state index contributed by atoms with van der Waals surface area (Å²) in [6.45, 7) is 1.99. The van der Waals surface area contributed by atoms with Crippen LogP contribution in [0.1, 0.15) is 40.1 Å². The Labute approximate surface area is 189 Å². The SMILES string of the molecule is CCOC(=O)c1ccc(C(F)(F)F)cc1-c1ccc2c(c1)OCC(Cc1ccccc1)C2O. The minimum Gasteiger partial charge on any atom is -0.493 e. The lowest BCUT2D eigenvalue weighted by atomic mass is 9.87. The zero-order valence-electron chi connectivity index (χ0n) is 17.9. The third-order valence-electron chi connectivity index (χ3n) is 5.73. The standard InChI is InChI=1S/C26H23F3O4/c1-2-32-25(31)20-11-9-19(26(27,28)29)14-22(20)17-8-10-21-23(13-17)33-15-18(24(21)30)12-16-6-4-3-5-7-16/h3-11,13-14,18,24,30H,2,12,15H2,1H3. The molecule has 0 saturated carbocycles. The van der Waals surface area contributed by atoms with Crippen LogP contribution in [-0.2, 0) is 17.3 Å². The van der Waals surface area contributed by atoms with Crippen LogP contribution in [0.4, 0.5) is 13.2 Å². The van der Waals surface area contributed by atoms with E-state index < -0.39 is 23.8 Å². The summed E-state index contributed by atoms with van der Waals surface area (Å²) in [6, 6.07) is 17.5. The molecule has 4 nitrogen and oxygen atoms in total. The number of hydrogen-bond acceptors (Lipinski definition) is 4. The molecule has 4 rings (SSSR count). The number of benzene rings is 3. The first kappa shape index (κ1) is 22.9. The minimum absolute atomic E-state index is 0.0307. The lowest BCUT2D eigenvalue weighted by molar-refractivity contribution is -0.137.